The van der Waals surface area contributed by atoms with Crippen LogP contribution in [-0.2, 0) is 4.74 Å². The van der Waals surface area contributed by atoms with Crippen molar-refractivity contribution in [2.45, 2.75) is 13.3 Å². The van der Waals surface area contributed by atoms with Crippen LogP contribution in [0.15, 0.2) is 19.0 Å². The zero-order valence-corrected chi connectivity index (χ0v) is 13.6. The molecule has 0 spiro atoms. The highest BCUT2D eigenvalue weighted by molar-refractivity contribution is 7.20. The number of methoxy groups -OCH3 is 1. The third-order valence-electron chi connectivity index (χ3n) is 3.16. The summed E-state index contributed by atoms with van der Waals surface area (Å²) in [5, 5.41) is 6.98. The maximum absolute atomic E-state index is 12.3. The molecule has 2 rings (SSSR count). The minimum Gasteiger partial charge on any atom is -0.385 e. The minimum absolute atomic E-state index is 0.0775. The van der Waals surface area contributed by atoms with Gasteiger partial charge in [-0.05, 0) is 18.9 Å². The number of aromatic nitrogens is 2. The predicted octanol–water partition coefficient (Wildman–Crippen LogP) is 2.36. The molecule has 0 saturated heterocycles. The van der Waals surface area contributed by atoms with Gasteiger partial charge in [0, 0.05) is 26.8 Å². The van der Waals surface area contributed by atoms with Crippen LogP contribution in [0, 0.1) is 6.92 Å². The monoisotopic (exact) mass is 320 g/mol. The number of thiophene rings is 1. The molecule has 2 aromatic heterocycles. The molecule has 0 atom stereocenters. The van der Waals surface area contributed by atoms with Gasteiger partial charge in [0.15, 0.2) is 0 Å². The van der Waals surface area contributed by atoms with Gasteiger partial charge in [0.1, 0.15) is 17.0 Å². The van der Waals surface area contributed by atoms with Crippen LogP contribution in [0.25, 0.3) is 10.2 Å². The number of carbonyl (C=O) groups is 1. The van der Waals surface area contributed by atoms with Crippen LogP contribution >= 0.6 is 11.3 Å². The van der Waals surface area contributed by atoms with Gasteiger partial charge in [-0.1, -0.05) is 6.08 Å². The summed E-state index contributed by atoms with van der Waals surface area (Å²) in [6.07, 6.45) is 4.06. The van der Waals surface area contributed by atoms with Crippen molar-refractivity contribution in [1.29, 1.82) is 0 Å². The van der Waals surface area contributed by atoms with Crippen LogP contribution in [0.2, 0.25) is 0 Å². The number of ether oxygens (including phenoxy) is 1. The summed E-state index contributed by atoms with van der Waals surface area (Å²) in [7, 11) is 1.65. The van der Waals surface area contributed by atoms with E-state index in [0.29, 0.717) is 24.6 Å². The summed E-state index contributed by atoms with van der Waals surface area (Å²) >= 11 is 1.38. The lowest BCUT2D eigenvalue weighted by atomic mass is 10.2. The Labute approximate surface area is 133 Å². The molecule has 0 fully saturated rings. The Bertz CT molecular complexity index is 669. The fraction of sp³-hybridized carbons (Fsp3) is 0.400. The number of hydrogen-bond acceptors (Lipinski definition) is 6. The summed E-state index contributed by atoms with van der Waals surface area (Å²) in [6, 6.07) is 0. The van der Waals surface area contributed by atoms with Gasteiger partial charge in [-0.3, -0.25) is 4.79 Å². The summed E-state index contributed by atoms with van der Waals surface area (Å²) in [6.45, 7) is 7.44. The fourth-order valence-electron chi connectivity index (χ4n) is 2.09. The largest absolute Gasteiger partial charge is 0.385 e. The smallest absolute Gasteiger partial charge is 0.261 e. The molecular weight excluding hydrogens is 300 g/mol. The SMILES string of the molecule is C=CCNc1ncnc2sc(C(=O)NCCCOC)c(C)c12. The predicted molar refractivity (Wildman–Crippen MR) is 89.7 cm³/mol. The second-order valence-corrected chi connectivity index (χ2v) is 5.73. The Kier molecular flexibility index (Phi) is 5.85. The lowest BCUT2D eigenvalue weighted by molar-refractivity contribution is 0.0952. The molecule has 0 saturated carbocycles. The van der Waals surface area contributed by atoms with Crippen molar-refractivity contribution >= 4 is 33.3 Å². The van der Waals surface area contributed by atoms with Gasteiger partial charge >= 0.3 is 0 Å². The van der Waals surface area contributed by atoms with E-state index in [1.165, 1.54) is 17.7 Å². The first kappa shape index (κ1) is 16.4. The Morgan fingerprint density at radius 3 is 3.05 bits per heavy atom. The zero-order chi connectivity index (χ0) is 15.9. The van der Waals surface area contributed by atoms with Gasteiger partial charge < -0.3 is 15.4 Å². The van der Waals surface area contributed by atoms with E-state index < -0.39 is 0 Å². The number of rotatable bonds is 8. The molecule has 7 heteroatoms. The first-order chi connectivity index (χ1) is 10.7. The first-order valence-electron chi connectivity index (χ1n) is 7.05. The van der Waals surface area contributed by atoms with E-state index in [2.05, 4.69) is 27.2 Å². The third kappa shape index (κ3) is 3.61. The number of hydrogen-bond donors (Lipinski definition) is 2. The van der Waals surface area contributed by atoms with E-state index >= 15 is 0 Å². The van der Waals surface area contributed by atoms with Crippen LogP contribution in [0.5, 0.6) is 0 Å². The summed E-state index contributed by atoms with van der Waals surface area (Å²) in [5.41, 5.74) is 0.899. The maximum atomic E-state index is 12.3. The number of carbonyl (C=O) groups excluding carboxylic acids is 1. The molecule has 0 aliphatic heterocycles. The summed E-state index contributed by atoms with van der Waals surface area (Å²) < 4.78 is 4.97. The Morgan fingerprint density at radius 2 is 2.32 bits per heavy atom. The van der Waals surface area contributed by atoms with Gasteiger partial charge in [-0.2, -0.15) is 0 Å². The molecule has 0 aliphatic rings. The lowest BCUT2D eigenvalue weighted by Gasteiger charge is -2.05. The van der Waals surface area contributed by atoms with Crippen molar-refractivity contribution in [3.05, 3.63) is 29.4 Å². The highest BCUT2D eigenvalue weighted by Crippen LogP contribution is 2.33. The fourth-order valence-corrected chi connectivity index (χ4v) is 3.15. The normalized spacial score (nSPS) is 10.6. The topological polar surface area (TPSA) is 76.1 Å². The molecule has 1 amide bonds. The lowest BCUT2D eigenvalue weighted by Crippen LogP contribution is -2.24. The molecule has 0 unspecified atom stereocenters. The number of fused-ring (bicyclic) bond motifs is 1. The van der Waals surface area contributed by atoms with E-state index in [1.54, 1.807) is 13.2 Å². The molecule has 6 nitrogen and oxygen atoms in total. The molecule has 0 bridgehead atoms. The number of amides is 1. The number of nitrogens with one attached hydrogen (secondary N) is 2. The van der Waals surface area contributed by atoms with Gasteiger partial charge in [0.05, 0.1) is 10.3 Å². The van der Waals surface area contributed by atoms with Gasteiger partial charge in [0.25, 0.3) is 5.91 Å². The maximum Gasteiger partial charge on any atom is 0.261 e. The van der Waals surface area contributed by atoms with Gasteiger partial charge in [0.2, 0.25) is 0 Å². The van der Waals surface area contributed by atoms with Crippen LogP contribution in [0.1, 0.15) is 21.7 Å². The second-order valence-electron chi connectivity index (χ2n) is 4.73. The number of anilines is 1. The van der Waals surface area contributed by atoms with Crippen molar-refractivity contribution in [2.24, 2.45) is 0 Å². The van der Waals surface area contributed by atoms with Crippen LogP contribution in [0.4, 0.5) is 5.82 Å². The van der Waals surface area contributed by atoms with Crippen molar-refractivity contribution in [1.82, 2.24) is 15.3 Å². The van der Waals surface area contributed by atoms with E-state index in [0.717, 1.165) is 28.0 Å². The molecule has 0 aliphatic carbocycles. The highest BCUT2D eigenvalue weighted by Gasteiger charge is 2.18. The third-order valence-corrected chi connectivity index (χ3v) is 4.36. The molecular formula is C15H20N4O2S. The van der Waals surface area contributed by atoms with Crippen LogP contribution in [0.3, 0.4) is 0 Å². The van der Waals surface area contributed by atoms with Gasteiger partial charge in [-0.25, -0.2) is 9.97 Å². The summed E-state index contributed by atoms with van der Waals surface area (Å²) in [5.74, 6) is 0.656. The minimum atomic E-state index is -0.0775. The van der Waals surface area contributed by atoms with Crippen molar-refractivity contribution in [3.63, 3.8) is 0 Å². The molecule has 2 N–H and O–H groups in total. The molecule has 2 aromatic rings. The highest BCUT2D eigenvalue weighted by atomic mass is 32.1. The molecule has 118 valence electrons. The van der Waals surface area contributed by atoms with E-state index in [1.807, 2.05) is 6.92 Å². The number of aryl methyl sites for hydroxylation is 1. The molecule has 0 radical (unpaired) electrons. The number of nitrogens with zero attached hydrogens (tertiary/aromatic N) is 2. The van der Waals surface area contributed by atoms with E-state index in [9.17, 15) is 4.79 Å². The standard InChI is InChI=1S/C15H20N4O2S/c1-4-6-16-13-11-10(2)12(22-15(11)19-9-18-13)14(20)17-7-5-8-21-3/h4,9H,1,5-8H2,2-3H3,(H,17,20)(H,16,18,19). The van der Waals surface area contributed by atoms with Crippen molar-refractivity contribution < 1.29 is 9.53 Å². The Hall–Kier alpha value is -1.99. The molecule has 2 heterocycles. The molecule has 22 heavy (non-hydrogen) atoms. The van der Waals surface area contributed by atoms with Crippen molar-refractivity contribution in [3.8, 4) is 0 Å². The first-order valence-corrected chi connectivity index (χ1v) is 7.86. The Balaban J connectivity index is 2.22. The van der Waals surface area contributed by atoms with Crippen molar-refractivity contribution in [2.75, 3.05) is 32.1 Å². The average Bonchev–Trinajstić information content (AvgIpc) is 2.87. The average molecular weight is 320 g/mol. The Morgan fingerprint density at radius 1 is 1.50 bits per heavy atom. The molecule has 0 aromatic carbocycles. The van der Waals surface area contributed by atoms with Crippen LogP contribution in [-0.4, -0.2) is 42.7 Å². The van der Waals surface area contributed by atoms with Crippen LogP contribution < -0.4 is 10.6 Å². The van der Waals surface area contributed by atoms with E-state index in [4.69, 9.17) is 4.74 Å². The summed E-state index contributed by atoms with van der Waals surface area (Å²) in [4.78, 5) is 22.3. The van der Waals surface area contributed by atoms with Gasteiger partial charge in [-0.15, -0.1) is 17.9 Å². The quantitative estimate of drug-likeness (QED) is 0.577. The zero-order valence-electron chi connectivity index (χ0n) is 12.8. The van der Waals surface area contributed by atoms with E-state index in [-0.39, 0.29) is 5.91 Å². The second kappa shape index (κ2) is 7.86.